The Morgan fingerprint density at radius 3 is 2.07 bits per heavy atom. The summed E-state index contributed by atoms with van der Waals surface area (Å²) in [6.45, 7) is 0. The SMILES string of the molecule is [K+].[O-]c1c(-c2c3ccccc3c(-c3ccc(OCl)c4ncccc34)c3ccc(-c4ccc(-c5nc6ccccc6n5-c5ccccc5)cc4)cc23)ccc2ccc[nH+]c12. The van der Waals surface area contributed by atoms with E-state index >= 15 is 0 Å². The number of rotatable bonds is 6. The van der Waals surface area contributed by atoms with Gasteiger partial charge in [-0.2, -0.15) is 0 Å². The van der Waals surface area contributed by atoms with Gasteiger partial charge in [-0.25, -0.2) is 9.97 Å². The molecule has 3 heterocycles. The first-order chi connectivity index (χ1) is 28.7. The molecule has 6 nitrogen and oxygen atoms in total. The minimum Gasteiger partial charge on any atom is -0.868 e. The van der Waals surface area contributed by atoms with E-state index in [2.05, 4.69) is 93.4 Å². The molecule has 0 radical (unpaired) electrons. The van der Waals surface area contributed by atoms with Gasteiger partial charge in [-0.1, -0.05) is 103 Å². The van der Waals surface area contributed by atoms with Crippen molar-refractivity contribution in [3.05, 3.63) is 182 Å². The number of hydrogen-bond acceptors (Lipinski definition) is 4. The number of nitrogens with one attached hydrogen (secondary N) is 1. The van der Waals surface area contributed by atoms with E-state index in [1.807, 2.05) is 91.0 Å². The number of halogens is 1. The molecule has 0 amide bonds. The fourth-order valence-electron chi connectivity index (χ4n) is 8.60. The van der Waals surface area contributed by atoms with E-state index in [-0.39, 0.29) is 57.1 Å². The zero-order valence-corrected chi connectivity index (χ0v) is 35.7. The van der Waals surface area contributed by atoms with E-state index in [4.69, 9.17) is 21.1 Å². The molecular weight excluding hydrogens is 775 g/mol. The number of fused-ring (bicyclic) bond motifs is 5. The molecule has 1 N–H and O–H groups in total. The number of aromatic amines is 1. The molecule has 0 aliphatic carbocycles. The Kier molecular flexibility index (Phi) is 9.73. The third-order valence-electron chi connectivity index (χ3n) is 11.2. The quantitative estimate of drug-likeness (QED) is 0.124. The van der Waals surface area contributed by atoms with Crippen LogP contribution in [0.15, 0.2) is 182 Å². The fraction of sp³-hybridized carbons (Fsp3) is 0. The zero-order chi connectivity index (χ0) is 38.7. The molecule has 274 valence electrons. The van der Waals surface area contributed by atoms with Crippen LogP contribution in [0.4, 0.5) is 0 Å². The van der Waals surface area contributed by atoms with E-state index in [1.165, 1.54) is 0 Å². The van der Waals surface area contributed by atoms with Crippen molar-refractivity contribution in [1.82, 2.24) is 14.5 Å². The molecule has 3 aromatic heterocycles. The van der Waals surface area contributed by atoms with Crippen LogP contribution in [0.5, 0.6) is 11.5 Å². The number of hydrogen-bond donors (Lipinski definition) is 0. The van der Waals surface area contributed by atoms with Gasteiger partial charge in [-0.15, -0.1) is 0 Å². The van der Waals surface area contributed by atoms with Crippen LogP contribution >= 0.6 is 11.9 Å². The van der Waals surface area contributed by atoms with Crippen LogP contribution < -0.4 is 65.8 Å². The first kappa shape index (κ1) is 37.4. The summed E-state index contributed by atoms with van der Waals surface area (Å²) in [5.74, 6) is 1.31. The number of para-hydroxylation sites is 3. The summed E-state index contributed by atoms with van der Waals surface area (Å²) < 4.78 is 7.45. The first-order valence-electron chi connectivity index (χ1n) is 19.1. The van der Waals surface area contributed by atoms with Crippen LogP contribution in [-0.4, -0.2) is 14.5 Å². The van der Waals surface area contributed by atoms with Crippen molar-refractivity contribution in [1.29, 1.82) is 0 Å². The topological polar surface area (TPSA) is 77.1 Å². The van der Waals surface area contributed by atoms with Crippen LogP contribution in [0.25, 0.3) is 105 Å². The molecule has 0 saturated carbocycles. The Balaban J connectivity index is 0.00000420. The van der Waals surface area contributed by atoms with Crippen LogP contribution in [0, 0.1) is 0 Å². The molecule has 8 aromatic carbocycles. The summed E-state index contributed by atoms with van der Waals surface area (Å²) in [4.78, 5) is 13.0. The van der Waals surface area contributed by atoms with Crippen LogP contribution in [0.2, 0.25) is 0 Å². The Labute approximate surface area is 387 Å². The van der Waals surface area contributed by atoms with Crippen LogP contribution in [0.1, 0.15) is 0 Å². The second-order valence-corrected chi connectivity index (χ2v) is 14.5. The van der Waals surface area contributed by atoms with Crippen molar-refractivity contribution in [2.24, 2.45) is 0 Å². The number of pyridine rings is 2. The van der Waals surface area contributed by atoms with Gasteiger partial charge in [0.25, 0.3) is 0 Å². The molecule has 11 rings (SSSR count). The number of nitrogens with zero attached hydrogens (tertiary/aromatic N) is 3. The molecule has 0 unspecified atom stereocenters. The van der Waals surface area contributed by atoms with Crippen molar-refractivity contribution in [2.45, 2.75) is 0 Å². The Bertz CT molecular complexity index is 3410. The zero-order valence-electron chi connectivity index (χ0n) is 31.9. The molecule has 59 heavy (non-hydrogen) atoms. The van der Waals surface area contributed by atoms with Gasteiger partial charge < -0.3 is 9.40 Å². The minimum absolute atomic E-state index is 0. The number of benzene rings is 8. The standard InChI is InChI=1S/C51H31ClN4O2.K/c52-58-45-27-26-38(40-15-9-29-54-49(40)45)46-36-13-4-5-14-37(36)47(41-25-22-32-10-8-28-53-48(32)50(41)57)42-30-34(23-24-39(42)46)31-18-20-33(21-19-31)51-55-43-16-6-7-17-44(43)56(51)35-11-2-1-3-12-35;/h1-30,57H;/q;+1. The van der Waals surface area contributed by atoms with Gasteiger partial charge in [0, 0.05) is 34.3 Å². The maximum atomic E-state index is 14.5. The third-order valence-corrected chi connectivity index (χ3v) is 11.4. The largest absolute Gasteiger partial charge is 1.00 e. The average molecular weight is 806 g/mol. The minimum atomic E-state index is -0.0494. The Hall–Kier alpha value is -5.90. The predicted octanol–water partition coefficient (Wildman–Crippen LogP) is 9.13. The van der Waals surface area contributed by atoms with Crippen molar-refractivity contribution >= 4 is 66.3 Å². The smallest absolute Gasteiger partial charge is 0.868 e. The molecule has 0 bridgehead atoms. The Morgan fingerprint density at radius 2 is 1.25 bits per heavy atom. The predicted molar refractivity (Wildman–Crippen MR) is 233 cm³/mol. The number of imidazole rings is 1. The number of aromatic nitrogens is 4. The van der Waals surface area contributed by atoms with Gasteiger partial charge in [0.05, 0.1) is 11.0 Å². The third kappa shape index (κ3) is 6.21. The van der Waals surface area contributed by atoms with Crippen molar-refractivity contribution < 1.29 is 65.8 Å². The molecule has 11 aromatic rings. The Morgan fingerprint density at radius 1 is 0.576 bits per heavy atom. The summed E-state index contributed by atoms with van der Waals surface area (Å²) >= 11 is 5.94. The van der Waals surface area contributed by atoms with Crippen LogP contribution in [-0.2, 0) is 0 Å². The van der Waals surface area contributed by atoms with E-state index in [0.29, 0.717) is 22.3 Å². The molecule has 0 saturated heterocycles. The fourth-order valence-corrected chi connectivity index (χ4v) is 8.73. The van der Waals surface area contributed by atoms with E-state index < -0.39 is 0 Å². The van der Waals surface area contributed by atoms with Crippen molar-refractivity contribution in [2.75, 3.05) is 0 Å². The van der Waals surface area contributed by atoms with Crippen molar-refractivity contribution in [3.63, 3.8) is 0 Å². The van der Waals surface area contributed by atoms with Gasteiger partial charge in [0.15, 0.2) is 11.9 Å². The molecule has 0 aliphatic heterocycles. The molecule has 0 atom stereocenters. The second kappa shape index (κ2) is 15.4. The van der Waals surface area contributed by atoms with Crippen molar-refractivity contribution in [3.8, 4) is 62.0 Å². The summed E-state index contributed by atoms with van der Waals surface area (Å²) in [6.07, 6.45) is 3.54. The van der Waals surface area contributed by atoms with Gasteiger partial charge in [0.2, 0.25) is 5.52 Å². The summed E-state index contributed by atoms with van der Waals surface area (Å²) in [7, 11) is 0. The van der Waals surface area contributed by atoms with Gasteiger partial charge in [0.1, 0.15) is 23.2 Å². The summed E-state index contributed by atoms with van der Waals surface area (Å²) in [5, 5.41) is 20.2. The first-order valence-corrected chi connectivity index (χ1v) is 19.4. The van der Waals surface area contributed by atoms with E-state index in [1.54, 1.807) is 12.4 Å². The molecule has 0 aliphatic rings. The van der Waals surface area contributed by atoms with Crippen LogP contribution in [0.3, 0.4) is 0 Å². The van der Waals surface area contributed by atoms with E-state index in [9.17, 15) is 5.11 Å². The van der Waals surface area contributed by atoms with Gasteiger partial charge in [-0.3, -0.25) is 9.55 Å². The monoisotopic (exact) mass is 805 g/mol. The van der Waals surface area contributed by atoms with Gasteiger partial charge in [-0.05, 0) is 121 Å². The maximum absolute atomic E-state index is 14.5. The molecule has 8 heteroatoms. The normalized spacial score (nSPS) is 11.4. The average Bonchev–Trinajstić information content (AvgIpc) is 3.68. The summed E-state index contributed by atoms with van der Waals surface area (Å²) in [5.41, 5.74) is 10.9. The van der Waals surface area contributed by atoms with E-state index in [0.717, 1.165) is 88.2 Å². The molecular formula is C51H31ClKN4O2+. The summed E-state index contributed by atoms with van der Waals surface area (Å²) in [6, 6.07) is 57.8. The second-order valence-electron chi connectivity index (χ2n) is 14.4. The molecule has 0 fully saturated rings. The van der Waals surface area contributed by atoms with Gasteiger partial charge >= 0.3 is 51.4 Å². The maximum Gasteiger partial charge on any atom is 1.00 e. The number of H-pyrrole nitrogens is 1. The molecule has 0 spiro atoms.